The van der Waals surface area contributed by atoms with Gasteiger partial charge in [-0.1, -0.05) is 0 Å². The summed E-state index contributed by atoms with van der Waals surface area (Å²) in [5.41, 5.74) is 6.26. The van der Waals surface area contributed by atoms with Crippen molar-refractivity contribution in [3.63, 3.8) is 0 Å². The van der Waals surface area contributed by atoms with E-state index in [-0.39, 0.29) is 5.66 Å². The van der Waals surface area contributed by atoms with Crippen molar-refractivity contribution in [1.29, 1.82) is 0 Å². The van der Waals surface area contributed by atoms with Gasteiger partial charge in [0.05, 0.1) is 5.66 Å². The number of rotatable bonds is 0. The Hall–Kier alpha value is -0.0800. The van der Waals surface area contributed by atoms with Crippen molar-refractivity contribution in [3.8, 4) is 0 Å². The summed E-state index contributed by atoms with van der Waals surface area (Å²) >= 11 is 0. The quantitative estimate of drug-likeness (QED) is 0.538. The Morgan fingerprint density at radius 3 is 2.50 bits per heavy atom. The standard InChI is InChI=1S/C8H16N2/c1-6-5-7-3-4-8(7,9)10(6)2/h6-7H,3-5,9H2,1-2H3/t6-,7-,8-/m1/s1. The van der Waals surface area contributed by atoms with Crippen molar-refractivity contribution >= 4 is 0 Å². The molecule has 58 valence electrons. The number of fused-ring (bicyclic) bond motifs is 1. The minimum Gasteiger partial charge on any atom is -0.313 e. The Morgan fingerprint density at radius 2 is 2.30 bits per heavy atom. The van der Waals surface area contributed by atoms with Crippen molar-refractivity contribution < 1.29 is 0 Å². The third-order valence-electron chi connectivity index (χ3n) is 3.54. The molecule has 1 aliphatic carbocycles. The van der Waals surface area contributed by atoms with Crippen LogP contribution in [0.3, 0.4) is 0 Å². The molecule has 0 spiro atoms. The van der Waals surface area contributed by atoms with Crippen LogP contribution >= 0.6 is 0 Å². The Morgan fingerprint density at radius 1 is 1.60 bits per heavy atom. The highest BCUT2D eigenvalue weighted by molar-refractivity contribution is 5.06. The molecule has 0 amide bonds. The second-order valence-electron chi connectivity index (χ2n) is 3.92. The van der Waals surface area contributed by atoms with E-state index in [1.807, 2.05) is 0 Å². The van der Waals surface area contributed by atoms with Crippen LogP contribution in [-0.4, -0.2) is 23.7 Å². The molecular weight excluding hydrogens is 124 g/mol. The minimum absolute atomic E-state index is 0.0966. The van der Waals surface area contributed by atoms with Gasteiger partial charge in [-0.05, 0) is 39.2 Å². The van der Waals surface area contributed by atoms with Gasteiger partial charge in [0.1, 0.15) is 0 Å². The third kappa shape index (κ3) is 0.565. The summed E-state index contributed by atoms with van der Waals surface area (Å²) in [5.74, 6) is 0.799. The average Bonchev–Trinajstić information content (AvgIpc) is 2.03. The molecule has 10 heavy (non-hydrogen) atoms. The summed E-state index contributed by atoms with van der Waals surface area (Å²) in [6.07, 6.45) is 3.87. The van der Waals surface area contributed by atoms with E-state index in [4.69, 9.17) is 5.73 Å². The summed E-state index contributed by atoms with van der Waals surface area (Å²) in [5, 5.41) is 0. The predicted molar refractivity (Wildman–Crippen MR) is 41.5 cm³/mol. The van der Waals surface area contributed by atoms with Gasteiger partial charge in [-0.25, -0.2) is 0 Å². The first-order valence-corrected chi connectivity index (χ1v) is 4.16. The highest BCUT2D eigenvalue weighted by Crippen LogP contribution is 2.48. The van der Waals surface area contributed by atoms with Gasteiger partial charge in [-0.2, -0.15) is 0 Å². The lowest BCUT2D eigenvalue weighted by atomic mass is 9.74. The van der Waals surface area contributed by atoms with E-state index in [9.17, 15) is 0 Å². The summed E-state index contributed by atoms with van der Waals surface area (Å²) in [6.45, 7) is 2.27. The average molecular weight is 140 g/mol. The van der Waals surface area contributed by atoms with E-state index in [2.05, 4.69) is 18.9 Å². The molecule has 0 aromatic rings. The zero-order valence-electron chi connectivity index (χ0n) is 6.80. The largest absolute Gasteiger partial charge is 0.313 e. The number of hydrogen-bond acceptors (Lipinski definition) is 2. The predicted octanol–water partition coefficient (Wildman–Crippen LogP) is 0.775. The molecule has 1 saturated carbocycles. The Labute approximate surface area is 62.4 Å². The topological polar surface area (TPSA) is 29.3 Å². The highest BCUT2D eigenvalue weighted by Gasteiger charge is 2.53. The van der Waals surface area contributed by atoms with Crippen LogP contribution in [-0.2, 0) is 0 Å². The van der Waals surface area contributed by atoms with Crippen molar-refractivity contribution in [1.82, 2.24) is 4.90 Å². The van der Waals surface area contributed by atoms with Crippen molar-refractivity contribution in [2.45, 2.75) is 37.9 Å². The van der Waals surface area contributed by atoms with Gasteiger partial charge in [0.15, 0.2) is 0 Å². The Balaban J connectivity index is 2.20. The maximum Gasteiger partial charge on any atom is 0.0716 e. The van der Waals surface area contributed by atoms with Crippen LogP contribution in [0.5, 0.6) is 0 Å². The fourth-order valence-electron chi connectivity index (χ4n) is 2.41. The third-order valence-corrected chi connectivity index (χ3v) is 3.54. The molecule has 1 aliphatic heterocycles. The fourth-order valence-corrected chi connectivity index (χ4v) is 2.41. The monoisotopic (exact) mass is 140 g/mol. The molecule has 2 aliphatic rings. The van der Waals surface area contributed by atoms with Crippen LogP contribution in [0.25, 0.3) is 0 Å². The van der Waals surface area contributed by atoms with Crippen LogP contribution in [0.2, 0.25) is 0 Å². The molecule has 2 rings (SSSR count). The maximum atomic E-state index is 6.17. The number of nitrogens with zero attached hydrogens (tertiary/aromatic N) is 1. The molecule has 2 N–H and O–H groups in total. The zero-order valence-corrected chi connectivity index (χ0v) is 6.80. The van der Waals surface area contributed by atoms with Crippen LogP contribution in [0, 0.1) is 5.92 Å². The molecule has 2 nitrogen and oxygen atoms in total. The van der Waals surface area contributed by atoms with Crippen LogP contribution in [0.1, 0.15) is 26.2 Å². The van der Waals surface area contributed by atoms with Gasteiger partial charge in [0.25, 0.3) is 0 Å². The zero-order chi connectivity index (χ0) is 7.35. The molecule has 1 heterocycles. The first-order chi connectivity index (χ1) is 4.64. The summed E-state index contributed by atoms with van der Waals surface area (Å²) in [7, 11) is 2.16. The van der Waals surface area contributed by atoms with Gasteiger partial charge in [-0.15, -0.1) is 0 Å². The lowest BCUT2D eigenvalue weighted by Gasteiger charge is -2.46. The van der Waals surface area contributed by atoms with E-state index in [1.165, 1.54) is 19.3 Å². The first kappa shape index (κ1) is 6.62. The normalized spacial score (nSPS) is 54.3. The number of hydrogen-bond donors (Lipinski definition) is 1. The summed E-state index contributed by atoms with van der Waals surface area (Å²) in [4.78, 5) is 2.35. The number of likely N-dealkylation sites (tertiary alicyclic amines) is 1. The van der Waals surface area contributed by atoms with Gasteiger partial charge in [-0.3, -0.25) is 4.90 Å². The van der Waals surface area contributed by atoms with Gasteiger partial charge < -0.3 is 5.73 Å². The van der Waals surface area contributed by atoms with Crippen molar-refractivity contribution in [2.75, 3.05) is 7.05 Å². The molecule has 0 aromatic carbocycles. The molecule has 2 heteroatoms. The number of nitrogens with two attached hydrogens (primary N) is 1. The second-order valence-corrected chi connectivity index (χ2v) is 3.92. The van der Waals surface area contributed by atoms with Gasteiger partial charge in [0, 0.05) is 6.04 Å². The Kier molecular flexibility index (Phi) is 1.15. The van der Waals surface area contributed by atoms with Gasteiger partial charge >= 0.3 is 0 Å². The lowest BCUT2D eigenvalue weighted by Crippen LogP contribution is -2.60. The summed E-state index contributed by atoms with van der Waals surface area (Å²) < 4.78 is 0. The lowest BCUT2D eigenvalue weighted by molar-refractivity contribution is 0.0326. The van der Waals surface area contributed by atoms with E-state index in [0.717, 1.165) is 5.92 Å². The highest BCUT2D eigenvalue weighted by atomic mass is 15.3. The summed E-state index contributed by atoms with van der Waals surface area (Å²) in [6, 6.07) is 0.706. The van der Waals surface area contributed by atoms with Crippen molar-refractivity contribution in [3.05, 3.63) is 0 Å². The molecule has 1 saturated heterocycles. The molecule has 2 fully saturated rings. The van der Waals surface area contributed by atoms with E-state index >= 15 is 0 Å². The minimum atomic E-state index is 0.0966. The van der Waals surface area contributed by atoms with Crippen LogP contribution in [0.4, 0.5) is 0 Å². The van der Waals surface area contributed by atoms with E-state index in [1.54, 1.807) is 0 Å². The first-order valence-electron chi connectivity index (χ1n) is 4.16. The molecule has 0 aromatic heterocycles. The fraction of sp³-hybridized carbons (Fsp3) is 1.00. The SMILES string of the molecule is C[C@@H]1C[C@H]2CC[C@@]2(N)N1C. The van der Waals surface area contributed by atoms with Crippen LogP contribution < -0.4 is 5.73 Å². The van der Waals surface area contributed by atoms with Gasteiger partial charge in [0.2, 0.25) is 0 Å². The van der Waals surface area contributed by atoms with Crippen LogP contribution in [0.15, 0.2) is 0 Å². The van der Waals surface area contributed by atoms with E-state index < -0.39 is 0 Å². The molecule has 0 radical (unpaired) electrons. The molecule has 0 bridgehead atoms. The maximum absolute atomic E-state index is 6.17. The smallest absolute Gasteiger partial charge is 0.0716 e. The molecular formula is C8H16N2. The molecule has 3 atom stereocenters. The Bertz CT molecular complexity index is 157. The second kappa shape index (κ2) is 1.74. The van der Waals surface area contributed by atoms with E-state index in [0.29, 0.717) is 6.04 Å². The van der Waals surface area contributed by atoms with Crippen molar-refractivity contribution in [2.24, 2.45) is 11.7 Å². The molecule has 0 unspecified atom stereocenters.